The zero-order valence-corrected chi connectivity index (χ0v) is 12.4. The second-order valence-corrected chi connectivity index (χ2v) is 5.56. The van der Waals surface area contributed by atoms with Crippen molar-refractivity contribution in [1.29, 1.82) is 0 Å². The normalized spacial score (nSPS) is 17.6. The smallest absolute Gasteiger partial charge is 0.144 e. The highest BCUT2D eigenvalue weighted by Crippen LogP contribution is 2.46. The number of benzene rings is 1. The van der Waals surface area contributed by atoms with Crippen molar-refractivity contribution in [2.24, 2.45) is 0 Å². The van der Waals surface area contributed by atoms with Gasteiger partial charge in [-0.3, -0.25) is 0 Å². The third-order valence-electron chi connectivity index (χ3n) is 3.01. The Hall–Kier alpha value is -0.510. The van der Waals surface area contributed by atoms with E-state index in [-0.39, 0.29) is 0 Å². The summed E-state index contributed by atoms with van der Waals surface area (Å²) in [7, 11) is 0. The molecule has 1 aliphatic carbocycles. The fourth-order valence-electron chi connectivity index (χ4n) is 1.96. The minimum atomic E-state index is -0.600. The molecule has 0 spiro atoms. The number of hydrogen-bond acceptors (Lipinski definition) is 2. The van der Waals surface area contributed by atoms with Crippen LogP contribution >= 0.6 is 39.1 Å². The summed E-state index contributed by atoms with van der Waals surface area (Å²) < 4.78 is 13.4. The molecule has 5 heteroatoms. The minimum Gasteiger partial charge on any atom is -0.360 e. The fourth-order valence-corrected chi connectivity index (χ4v) is 2.98. The van der Waals surface area contributed by atoms with Gasteiger partial charge in [0.25, 0.3) is 0 Å². The van der Waals surface area contributed by atoms with E-state index in [1.54, 1.807) is 18.2 Å². The van der Waals surface area contributed by atoms with Crippen LogP contribution in [0.5, 0.6) is 0 Å². The first kappa shape index (κ1) is 11.3. The molecule has 1 saturated carbocycles. The summed E-state index contributed by atoms with van der Waals surface area (Å²) >= 11 is 15.7. The third-order valence-corrected chi connectivity index (χ3v) is 4.10. The highest BCUT2D eigenvalue weighted by atomic mass is 79.9. The number of halogens is 3. The molecule has 0 aliphatic heterocycles. The molecule has 0 N–H and O–H groups in total. The molecule has 1 heterocycles. The first-order valence-corrected chi connectivity index (χ1v) is 7.27. The Kier molecular flexibility index (Phi) is 3.07. The highest BCUT2D eigenvalue weighted by molar-refractivity contribution is 9.08. The summed E-state index contributed by atoms with van der Waals surface area (Å²) in [5.41, 5.74) is 1.93. The van der Waals surface area contributed by atoms with Crippen molar-refractivity contribution >= 4 is 39.1 Å². The zero-order chi connectivity index (χ0) is 13.6. The summed E-state index contributed by atoms with van der Waals surface area (Å²) in [4.78, 5) is 0. The van der Waals surface area contributed by atoms with E-state index in [1.807, 2.05) is 0 Å². The second-order valence-electron chi connectivity index (χ2n) is 4.29. The zero-order valence-electron chi connectivity index (χ0n) is 10.3. The lowest BCUT2D eigenvalue weighted by Gasteiger charge is -2.05. The summed E-state index contributed by atoms with van der Waals surface area (Å²) in [6, 6.07) is 5.29. The molecule has 1 unspecified atom stereocenters. The van der Waals surface area contributed by atoms with Crippen LogP contribution in [0, 0.1) is 0 Å². The van der Waals surface area contributed by atoms with Crippen LogP contribution in [0.1, 0.15) is 31.5 Å². The molecule has 18 heavy (non-hydrogen) atoms. The highest BCUT2D eigenvalue weighted by Gasteiger charge is 2.32. The van der Waals surface area contributed by atoms with E-state index < -0.39 is 5.31 Å². The van der Waals surface area contributed by atoms with Crippen LogP contribution in [0.4, 0.5) is 0 Å². The minimum absolute atomic E-state index is 0.378. The van der Waals surface area contributed by atoms with Gasteiger partial charge < -0.3 is 4.52 Å². The van der Waals surface area contributed by atoms with Gasteiger partial charge >= 0.3 is 0 Å². The SMILES string of the molecule is [2H]C(Br)c1c(-c2c(Cl)cccc2Cl)noc1C1CC1. The van der Waals surface area contributed by atoms with E-state index in [0.29, 0.717) is 27.2 Å². The van der Waals surface area contributed by atoms with Gasteiger partial charge in [-0.25, -0.2) is 0 Å². The molecule has 1 atom stereocenters. The Labute approximate surface area is 125 Å². The Bertz CT molecular complexity index is 605. The molecule has 0 saturated heterocycles. The van der Waals surface area contributed by atoms with Crippen LogP contribution < -0.4 is 0 Å². The molecule has 1 aliphatic rings. The van der Waals surface area contributed by atoms with E-state index in [2.05, 4.69) is 21.1 Å². The van der Waals surface area contributed by atoms with Gasteiger partial charge in [0.2, 0.25) is 0 Å². The van der Waals surface area contributed by atoms with Gasteiger partial charge in [-0.1, -0.05) is 50.4 Å². The third kappa shape index (κ3) is 2.09. The van der Waals surface area contributed by atoms with E-state index in [4.69, 9.17) is 29.1 Å². The molecular weight excluding hydrogens is 337 g/mol. The van der Waals surface area contributed by atoms with Crippen molar-refractivity contribution in [2.45, 2.75) is 24.1 Å². The Balaban J connectivity index is 2.20. The van der Waals surface area contributed by atoms with Gasteiger partial charge in [0.15, 0.2) is 0 Å². The second kappa shape index (κ2) is 4.87. The standard InChI is InChI=1S/C13H10BrCl2NO/c14-6-8-12(17-18-13(8)7-4-5-7)11-9(15)2-1-3-10(11)16/h1-3,7H,4-6H2/i6D. The molecule has 0 bridgehead atoms. The van der Waals surface area contributed by atoms with Crippen LogP contribution in [0.2, 0.25) is 10.0 Å². The molecule has 1 fully saturated rings. The summed E-state index contributed by atoms with van der Waals surface area (Å²) in [5.74, 6) is 1.16. The van der Waals surface area contributed by atoms with Crippen LogP contribution in [0.15, 0.2) is 22.7 Å². The van der Waals surface area contributed by atoms with Gasteiger partial charge in [-0.15, -0.1) is 0 Å². The number of rotatable bonds is 3. The van der Waals surface area contributed by atoms with Gasteiger partial charge in [-0.05, 0) is 25.0 Å². The van der Waals surface area contributed by atoms with Crippen molar-refractivity contribution < 1.29 is 5.89 Å². The monoisotopic (exact) mass is 346 g/mol. The average Bonchev–Trinajstić information content (AvgIpc) is 3.09. The molecule has 0 amide bonds. The van der Waals surface area contributed by atoms with E-state index in [0.717, 1.165) is 24.2 Å². The van der Waals surface area contributed by atoms with E-state index in [9.17, 15) is 0 Å². The number of aromatic nitrogens is 1. The van der Waals surface area contributed by atoms with Crippen molar-refractivity contribution in [3.63, 3.8) is 0 Å². The first-order chi connectivity index (χ1) is 9.09. The quantitative estimate of drug-likeness (QED) is 0.693. The van der Waals surface area contributed by atoms with Gasteiger partial charge in [0, 0.05) is 23.7 Å². The topological polar surface area (TPSA) is 26.0 Å². The molecule has 1 aromatic heterocycles. The molecule has 94 valence electrons. The molecule has 2 aromatic rings. The van der Waals surface area contributed by atoms with E-state index in [1.165, 1.54) is 0 Å². The summed E-state index contributed by atoms with van der Waals surface area (Å²) in [6.07, 6.45) is 2.16. The average molecular weight is 348 g/mol. The van der Waals surface area contributed by atoms with Crippen LogP contribution in [-0.2, 0) is 5.31 Å². The lowest BCUT2D eigenvalue weighted by atomic mass is 10.1. The molecule has 2 nitrogen and oxygen atoms in total. The first-order valence-electron chi connectivity index (χ1n) is 6.17. The van der Waals surface area contributed by atoms with E-state index >= 15 is 0 Å². The predicted molar refractivity (Wildman–Crippen MR) is 76.6 cm³/mol. The maximum absolute atomic E-state index is 7.96. The van der Waals surface area contributed by atoms with Crippen molar-refractivity contribution in [3.05, 3.63) is 39.6 Å². The van der Waals surface area contributed by atoms with Crippen molar-refractivity contribution in [2.75, 3.05) is 0 Å². The lowest BCUT2D eigenvalue weighted by Crippen LogP contribution is -1.88. The lowest BCUT2D eigenvalue weighted by molar-refractivity contribution is 0.385. The predicted octanol–water partition coefficient (Wildman–Crippen LogP) is 5.42. The van der Waals surface area contributed by atoms with Crippen LogP contribution in [-0.4, -0.2) is 5.16 Å². The Morgan fingerprint density at radius 2 is 2.06 bits per heavy atom. The van der Waals surface area contributed by atoms with Crippen LogP contribution in [0.3, 0.4) is 0 Å². The molecule has 3 rings (SSSR count). The van der Waals surface area contributed by atoms with Gasteiger partial charge in [-0.2, -0.15) is 0 Å². The number of alkyl halides is 1. The molecule has 1 aromatic carbocycles. The molecule has 0 radical (unpaired) electrons. The summed E-state index contributed by atoms with van der Waals surface area (Å²) in [5, 5.41) is 4.52. The Morgan fingerprint density at radius 1 is 1.39 bits per heavy atom. The largest absolute Gasteiger partial charge is 0.360 e. The summed E-state index contributed by atoms with van der Waals surface area (Å²) in [6.45, 7) is 0. The van der Waals surface area contributed by atoms with Gasteiger partial charge in [0.05, 0.1) is 10.0 Å². The maximum atomic E-state index is 7.96. The van der Waals surface area contributed by atoms with Crippen molar-refractivity contribution in [1.82, 2.24) is 5.16 Å². The van der Waals surface area contributed by atoms with Crippen LogP contribution in [0.25, 0.3) is 11.3 Å². The Morgan fingerprint density at radius 3 is 2.61 bits per heavy atom. The van der Waals surface area contributed by atoms with Crippen molar-refractivity contribution in [3.8, 4) is 11.3 Å². The van der Waals surface area contributed by atoms with Gasteiger partial charge in [0.1, 0.15) is 11.5 Å². The fraction of sp³-hybridized carbons (Fsp3) is 0.308. The molecular formula is C13H10BrCl2NO. The maximum Gasteiger partial charge on any atom is 0.144 e. The number of nitrogens with zero attached hydrogens (tertiary/aromatic N) is 1. The number of hydrogen-bond donors (Lipinski definition) is 0.